The van der Waals surface area contributed by atoms with Gasteiger partial charge >= 0.3 is 0 Å². The zero-order chi connectivity index (χ0) is 9.97. The third-order valence-corrected chi connectivity index (χ3v) is 1.82. The summed E-state index contributed by atoms with van der Waals surface area (Å²) in [6.45, 7) is 0. The lowest BCUT2D eigenvalue weighted by Gasteiger charge is -2.01. The summed E-state index contributed by atoms with van der Waals surface area (Å²) in [6, 6.07) is 8.36. The number of hydrogen-bond donors (Lipinski definition) is 0. The summed E-state index contributed by atoms with van der Waals surface area (Å²) in [6.07, 6.45) is 2.59. The maximum absolute atomic E-state index is 13.2. The molecule has 0 aliphatic rings. The van der Waals surface area contributed by atoms with Crippen LogP contribution < -0.4 is 0 Å². The molecular formula is C11H6F2N. The van der Waals surface area contributed by atoms with Gasteiger partial charge in [-0.2, -0.15) is 0 Å². The number of aromatic nitrogens is 1. The van der Waals surface area contributed by atoms with Gasteiger partial charge in [0.1, 0.15) is 11.6 Å². The first-order chi connectivity index (χ1) is 6.77. The lowest BCUT2D eigenvalue weighted by atomic mass is 10.1. The monoisotopic (exact) mass is 190 g/mol. The Bertz CT molecular complexity index is 440. The molecule has 2 rings (SSSR count). The van der Waals surface area contributed by atoms with E-state index in [1.165, 1.54) is 12.1 Å². The highest BCUT2D eigenvalue weighted by atomic mass is 19.1. The summed E-state index contributed by atoms with van der Waals surface area (Å²) in [5.41, 5.74) is 0.730. The quantitative estimate of drug-likeness (QED) is 0.673. The molecule has 0 N–H and O–H groups in total. The molecule has 0 aliphatic heterocycles. The van der Waals surface area contributed by atoms with Crippen LogP contribution in [0.3, 0.4) is 0 Å². The average Bonchev–Trinajstić information content (AvgIpc) is 2.19. The Morgan fingerprint density at radius 1 is 1.14 bits per heavy atom. The molecule has 1 radical (unpaired) electrons. The molecule has 0 amide bonds. The van der Waals surface area contributed by atoms with Crippen LogP contribution in [0.5, 0.6) is 0 Å². The molecular weight excluding hydrogens is 184 g/mol. The van der Waals surface area contributed by atoms with E-state index in [1.54, 1.807) is 18.2 Å². The molecule has 0 fully saturated rings. The third kappa shape index (κ3) is 1.62. The largest absolute Gasteiger partial charge is 0.246 e. The molecule has 0 aliphatic carbocycles. The van der Waals surface area contributed by atoms with Gasteiger partial charge in [-0.15, -0.1) is 0 Å². The van der Waals surface area contributed by atoms with Crippen molar-refractivity contribution < 1.29 is 8.78 Å². The fourth-order valence-corrected chi connectivity index (χ4v) is 1.17. The maximum atomic E-state index is 13.2. The van der Waals surface area contributed by atoms with Crippen LogP contribution in [0, 0.1) is 17.8 Å². The van der Waals surface area contributed by atoms with Gasteiger partial charge in [0, 0.05) is 11.6 Å². The van der Waals surface area contributed by atoms with Crippen molar-refractivity contribution in [2.75, 3.05) is 0 Å². The minimum atomic E-state index is -0.614. The predicted molar refractivity (Wildman–Crippen MR) is 48.4 cm³/mol. The molecule has 69 valence electrons. The Labute approximate surface area is 80.0 Å². The topological polar surface area (TPSA) is 12.9 Å². The minimum absolute atomic E-state index is 0.281. The van der Waals surface area contributed by atoms with Crippen LogP contribution in [-0.2, 0) is 0 Å². The summed E-state index contributed by atoms with van der Waals surface area (Å²) in [7, 11) is 0. The van der Waals surface area contributed by atoms with E-state index in [4.69, 9.17) is 0 Å². The van der Waals surface area contributed by atoms with E-state index in [0.29, 0.717) is 5.69 Å². The van der Waals surface area contributed by atoms with E-state index in [-0.39, 0.29) is 5.56 Å². The van der Waals surface area contributed by atoms with Gasteiger partial charge in [0.05, 0.1) is 11.9 Å². The Kier molecular flexibility index (Phi) is 2.23. The summed E-state index contributed by atoms with van der Waals surface area (Å²) in [5.74, 6) is -1.21. The molecule has 2 aromatic rings. The highest BCUT2D eigenvalue weighted by molar-refractivity contribution is 5.59. The molecule has 0 bridgehead atoms. The summed E-state index contributed by atoms with van der Waals surface area (Å²) >= 11 is 0. The van der Waals surface area contributed by atoms with E-state index in [2.05, 4.69) is 11.2 Å². The SMILES string of the molecule is Fc1ccc(-c2ccc[c]n2)c(F)c1. The fourth-order valence-electron chi connectivity index (χ4n) is 1.17. The van der Waals surface area contributed by atoms with Crippen molar-refractivity contribution in [3.05, 3.63) is 54.2 Å². The van der Waals surface area contributed by atoms with Gasteiger partial charge in [-0.25, -0.2) is 13.8 Å². The Hall–Kier alpha value is -1.77. The highest BCUT2D eigenvalue weighted by Crippen LogP contribution is 2.20. The van der Waals surface area contributed by atoms with E-state index < -0.39 is 11.6 Å². The second-order valence-corrected chi connectivity index (χ2v) is 2.78. The Morgan fingerprint density at radius 3 is 2.64 bits per heavy atom. The molecule has 1 heterocycles. The molecule has 3 heteroatoms. The van der Waals surface area contributed by atoms with Crippen molar-refractivity contribution >= 4 is 0 Å². The Balaban J connectivity index is 2.53. The molecule has 1 aromatic heterocycles. The van der Waals surface area contributed by atoms with Gasteiger partial charge in [0.15, 0.2) is 0 Å². The highest BCUT2D eigenvalue weighted by Gasteiger charge is 2.06. The number of rotatable bonds is 1. The van der Waals surface area contributed by atoms with Crippen molar-refractivity contribution in [1.29, 1.82) is 0 Å². The van der Waals surface area contributed by atoms with Gasteiger partial charge in [-0.1, -0.05) is 6.07 Å². The molecule has 0 saturated heterocycles. The van der Waals surface area contributed by atoms with Gasteiger partial charge in [-0.05, 0) is 24.3 Å². The number of hydrogen-bond acceptors (Lipinski definition) is 1. The van der Waals surface area contributed by atoms with Crippen LogP contribution in [0.2, 0.25) is 0 Å². The summed E-state index contributed by atoms with van der Waals surface area (Å²) < 4.78 is 25.8. The van der Waals surface area contributed by atoms with Crippen molar-refractivity contribution in [2.24, 2.45) is 0 Å². The van der Waals surface area contributed by atoms with Crippen LogP contribution in [0.1, 0.15) is 0 Å². The number of nitrogens with zero attached hydrogens (tertiary/aromatic N) is 1. The van der Waals surface area contributed by atoms with Gasteiger partial charge in [0.25, 0.3) is 0 Å². The van der Waals surface area contributed by atoms with Gasteiger partial charge in [-0.3, -0.25) is 0 Å². The fraction of sp³-hybridized carbons (Fsp3) is 0. The first-order valence-electron chi connectivity index (χ1n) is 4.06. The van der Waals surface area contributed by atoms with Gasteiger partial charge < -0.3 is 0 Å². The van der Waals surface area contributed by atoms with Crippen LogP contribution >= 0.6 is 0 Å². The van der Waals surface area contributed by atoms with Crippen LogP contribution in [0.15, 0.2) is 36.4 Å². The van der Waals surface area contributed by atoms with E-state index in [0.717, 1.165) is 6.07 Å². The van der Waals surface area contributed by atoms with Crippen molar-refractivity contribution in [2.45, 2.75) is 0 Å². The Morgan fingerprint density at radius 2 is 2.00 bits per heavy atom. The normalized spacial score (nSPS) is 10.1. The van der Waals surface area contributed by atoms with Crippen LogP contribution in [-0.4, -0.2) is 4.98 Å². The van der Waals surface area contributed by atoms with Crippen molar-refractivity contribution in [3.8, 4) is 11.3 Å². The maximum Gasteiger partial charge on any atom is 0.135 e. The molecule has 0 spiro atoms. The first kappa shape index (κ1) is 8.81. The van der Waals surface area contributed by atoms with E-state index >= 15 is 0 Å². The second-order valence-electron chi connectivity index (χ2n) is 2.78. The smallest absolute Gasteiger partial charge is 0.135 e. The number of halogens is 2. The molecule has 0 saturated carbocycles. The molecule has 1 nitrogen and oxygen atoms in total. The molecule has 0 unspecified atom stereocenters. The second kappa shape index (κ2) is 3.54. The lowest BCUT2D eigenvalue weighted by Crippen LogP contribution is -1.88. The first-order valence-corrected chi connectivity index (χ1v) is 4.06. The standard InChI is InChI=1S/C11H6F2N/c12-8-4-5-9(10(13)7-8)11-3-1-2-6-14-11/h1-5,7H. The molecule has 14 heavy (non-hydrogen) atoms. The zero-order valence-corrected chi connectivity index (χ0v) is 7.17. The zero-order valence-electron chi connectivity index (χ0n) is 7.17. The van der Waals surface area contributed by atoms with Crippen molar-refractivity contribution in [1.82, 2.24) is 4.98 Å². The van der Waals surface area contributed by atoms with E-state index in [1.807, 2.05) is 0 Å². The molecule has 0 atom stereocenters. The summed E-state index contributed by atoms with van der Waals surface area (Å²) in [4.78, 5) is 3.85. The minimum Gasteiger partial charge on any atom is -0.246 e. The summed E-state index contributed by atoms with van der Waals surface area (Å²) in [5, 5.41) is 0. The predicted octanol–water partition coefficient (Wildman–Crippen LogP) is 2.83. The average molecular weight is 190 g/mol. The lowest BCUT2D eigenvalue weighted by molar-refractivity contribution is 0.585. The van der Waals surface area contributed by atoms with Gasteiger partial charge in [0.2, 0.25) is 0 Å². The number of benzene rings is 1. The van der Waals surface area contributed by atoms with Crippen LogP contribution in [0.25, 0.3) is 11.3 Å². The number of pyridine rings is 1. The van der Waals surface area contributed by atoms with Crippen molar-refractivity contribution in [3.63, 3.8) is 0 Å². The van der Waals surface area contributed by atoms with Crippen LogP contribution in [0.4, 0.5) is 8.78 Å². The molecule has 1 aromatic carbocycles. The third-order valence-electron chi connectivity index (χ3n) is 1.82. The van der Waals surface area contributed by atoms with E-state index in [9.17, 15) is 8.78 Å².